The lowest BCUT2D eigenvalue weighted by molar-refractivity contribution is 0.159. The Hall–Kier alpha value is -0.770. The maximum atomic E-state index is 4.26. The standard InChI is InChI=1S/C15H32N4/c1-12(2)10-19-8-6-7-14(11-19)9-17-15(16-5)18-13(3)4/h12-14H,6-11H2,1-5H3,(H2,16,17,18). The van der Waals surface area contributed by atoms with Crippen molar-refractivity contribution in [2.75, 3.05) is 33.2 Å². The number of piperidine rings is 1. The van der Waals surface area contributed by atoms with Crippen molar-refractivity contribution in [1.29, 1.82) is 0 Å². The van der Waals surface area contributed by atoms with Crippen molar-refractivity contribution in [2.24, 2.45) is 16.8 Å². The van der Waals surface area contributed by atoms with Crippen LogP contribution in [0.2, 0.25) is 0 Å². The first-order valence-corrected chi connectivity index (χ1v) is 7.70. The van der Waals surface area contributed by atoms with E-state index in [0.29, 0.717) is 6.04 Å². The first kappa shape index (κ1) is 16.3. The van der Waals surface area contributed by atoms with Crippen molar-refractivity contribution in [1.82, 2.24) is 15.5 Å². The topological polar surface area (TPSA) is 39.7 Å². The number of rotatable bonds is 5. The van der Waals surface area contributed by atoms with Gasteiger partial charge in [-0.05, 0) is 45.1 Å². The number of nitrogens with one attached hydrogen (secondary N) is 2. The summed E-state index contributed by atoms with van der Waals surface area (Å²) in [6.45, 7) is 13.6. The average Bonchev–Trinajstić information content (AvgIpc) is 2.33. The van der Waals surface area contributed by atoms with E-state index in [1.807, 2.05) is 7.05 Å². The van der Waals surface area contributed by atoms with Crippen LogP contribution in [0, 0.1) is 11.8 Å². The molecule has 4 heteroatoms. The van der Waals surface area contributed by atoms with Crippen LogP contribution in [0.25, 0.3) is 0 Å². The second-order valence-corrected chi connectivity index (χ2v) is 6.41. The minimum Gasteiger partial charge on any atom is -0.356 e. The van der Waals surface area contributed by atoms with Crippen molar-refractivity contribution >= 4 is 5.96 Å². The van der Waals surface area contributed by atoms with Gasteiger partial charge >= 0.3 is 0 Å². The molecule has 1 unspecified atom stereocenters. The van der Waals surface area contributed by atoms with Crippen LogP contribution >= 0.6 is 0 Å². The number of likely N-dealkylation sites (tertiary alicyclic amines) is 1. The van der Waals surface area contributed by atoms with E-state index in [0.717, 1.165) is 24.3 Å². The highest BCUT2D eigenvalue weighted by Crippen LogP contribution is 2.16. The molecule has 4 nitrogen and oxygen atoms in total. The molecule has 1 saturated heterocycles. The molecule has 1 aliphatic heterocycles. The molecule has 1 heterocycles. The molecule has 1 fully saturated rings. The number of nitrogens with zero attached hydrogens (tertiary/aromatic N) is 2. The molecule has 0 aromatic carbocycles. The molecule has 19 heavy (non-hydrogen) atoms. The van der Waals surface area contributed by atoms with Gasteiger partial charge in [-0.1, -0.05) is 13.8 Å². The van der Waals surface area contributed by atoms with Crippen LogP contribution in [-0.2, 0) is 0 Å². The molecule has 0 aromatic heterocycles. The van der Waals surface area contributed by atoms with Crippen LogP contribution in [0.15, 0.2) is 4.99 Å². The fraction of sp³-hybridized carbons (Fsp3) is 0.933. The van der Waals surface area contributed by atoms with Gasteiger partial charge in [-0.15, -0.1) is 0 Å². The zero-order valence-electron chi connectivity index (χ0n) is 13.4. The summed E-state index contributed by atoms with van der Waals surface area (Å²) in [6.07, 6.45) is 2.66. The Morgan fingerprint density at radius 3 is 2.63 bits per heavy atom. The van der Waals surface area contributed by atoms with E-state index in [1.54, 1.807) is 0 Å². The van der Waals surface area contributed by atoms with E-state index in [9.17, 15) is 0 Å². The van der Waals surface area contributed by atoms with E-state index in [-0.39, 0.29) is 0 Å². The molecular formula is C15H32N4. The second-order valence-electron chi connectivity index (χ2n) is 6.41. The molecule has 1 atom stereocenters. The smallest absolute Gasteiger partial charge is 0.191 e. The van der Waals surface area contributed by atoms with Gasteiger partial charge in [0.1, 0.15) is 0 Å². The highest BCUT2D eigenvalue weighted by atomic mass is 15.2. The lowest BCUT2D eigenvalue weighted by Gasteiger charge is -2.34. The third-order valence-corrected chi connectivity index (χ3v) is 3.43. The Kier molecular flexibility index (Phi) is 7.21. The van der Waals surface area contributed by atoms with E-state index < -0.39 is 0 Å². The Morgan fingerprint density at radius 1 is 1.32 bits per heavy atom. The van der Waals surface area contributed by atoms with Gasteiger partial charge in [-0.3, -0.25) is 4.99 Å². The highest BCUT2D eigenvalue weighted by Gasteiger charge is 2.20. The van der Waals surface area contributed by atoms with Crippen LogP contribution < -0.4 is 10.6 Å². The fourth-order valence-corrected chi connectivity index (χ4v) is 2.71. The monoisotopic (exact) mass is 268 g/mol. The minimum atomic E-state index is 0.426. The van der Waals surface area contributed by atoms with Gasteiger partial charge in [0, 0.05) is 32.7 Å². The van der Waals surface area contributed by atoms with Crippen LogP contribution in [-0.4, -0.2) is 50.1 Å². The van der Waals surface area contributed by atoms with Crippen molar-refractivity contribution in [3.63, 3.8) is 0 Å². The molecule has 0 amide bonds. The maximum absolute atomic E-state index is 4.26. The number of guanidine groups is 1. The van der Waals surface area contributed by atoms with E-state index >= 15 is 0 Å². The molecule has 1 rings (SSSR count). The van der Waals surface area contributed by atoms with Gasteiger partial charge in [-0.2, -0.15) is 0 Å². The summed E-state index contributed by atoms with van der Waals surface area (Å²) in [5, 5.41) is 6.79. The van der Waals surface area contributed by atoms with Crippen molar-refractivity contribution < 1.29 is 0 Å². The van der Waals surface area contributed by atoms with Crippen molar-refractivity contribution in [3.8, 4) is 0 Å². The molecule has 0 saturated carbocycles. The summed E-state index contributed by atoms with van der Waals surface area (Å²) in [5.74, 6) is 2.44. The Balaban J connectivity index is 2.32. The van der Waals surface area contributed by atoms with Gasteiger partial charge in [0.05, 0.1) is 0 Å². The van der Waals surface area contributed by atoms with Gasteiger partial charge in [0.2, 0.25) is 0 Å². The average molecular weight is 268 g/mol. The van der Waals surface area contributed by atoms with Crippen LogP contribution in [0.3, 0.4) is 0 Å². The summed E-state index contributed by atoms with van der Waals surface area (Å²) in [6, 6.07) is 0.426. The molecule has 0 spiro atoms. The lowest BCUT2D eigenvalue weighted by Crippen LogP contribution is -2.46. The molecule has 0 bridgehead atoms. The Morgan fingerprint density at radius 2 is 2.05 bits per heavy atom. The predicted molar refractivity (Wildman–Crippen MR) is 83.6 cm³/mol. The molecule has 2 N–H and O–H groups in total. The van der Waals surface area contributed by atoms with Gasteiger partial charge in [0.15, 0.2) is 5.96 Å². The molecule has 0 aromatic rings. The zero-order chi connectivity index (χ0) is 14.3. The van der Waals surface area contributed by atoms with Crippen LogP contribution in [0.5, 0.6) is 0 Å². The van der Waals surface area contributed by atoms with Gasteiger partial charge in [0.25, 0.3) is 0 Å². The minimum absolute atomic E-state index is 0.426. The Bertz CT molecular complexity index is 273. The van der Waals surface area contributed by atoms with Gasteiger partial charge < -0.3 is 15.5 Å². The third-order valence-electron chi connectivity index (χ3n) is 3.43. The summed E-state index contributed by atoms with van der Waals surface area (Å²) < 4.78 is 0. The zero-order valence-corrected chi connectivity index (χ0v) is 13.4. The lowest BCUT2D eigenvalue weighted by atomic mass is 9.97. The Labute approximate surface area is 119 Å². The van der Waals surface area contributed by atoms with Crippen molar-refractivity contribution in [2.45, 2.75) is 46.6 Å². The maximum Gasteiger partial charge on any atom is 0.191 e. The summed E-state index contributed by atoms with van der Waals surface area (Å²) in [7, 11) is 1.84. The SMILES string of the molecule is CN=C(NCC1CCCN(CC(C)C)C1)NC(C)C. The summed E-state index contributed by atoms with van der Waals surface area (Å²) >= 11 is 0. The second kappa shape index (κ2) is 8.41. The number of hydrogen-bond acceptors (Lipinski definition) is 2. The summed E-state index contributed by atoms with van der Waals surface area (Å²) in [4.78, 5) is 6.87. The highest BCUT2D eigenvalue weighted by molar-refractivity contribution is 5.79. The first-order chi connectivity index (χ1) is 9.01. The molecule has 112 valence electrons. The molecular weight excluding hydrogens is 236 g/mol. The van der Waals surface area contributed by atoms with Gasteiger partial charge in [-0.25, -0.2) is 0 Å². The largest absolute Gasteiger partial charge is 0.356 e. The van der Waals surface area contributed by atoms with E-state index in [4.69, 9.17) is 0 Å². The quantitative estimate of drug-likeness (QED) is 0.591. The summed E-state index contributed by atoms with van der Waals surface area (Å²) in [5.41, 5.74) is 0. The molecule has 0 aliphatic carbocycles. The third kappa shape index (κ3) is 6.81. The van der Waals surface area contributed by atoms with Crippen LogP contribution in [0.4, 0.5) is 0 Å². The van der Waals surface area contributed by atoms with Crippen molar-refractivity contribution in [3.05, 3.63) is 0 Å². The van der Waals surface area contributed by atoms with E-state index in [2.05, 4.69) is 48.2 Å². The molecule has 0 radical (unpaired) electrons. The molecule has 1 aliphatic rings. The van der Waals surface area contributed by atoms with Crippen LogP contribution in [0.1, 0.15) is 40.5 Å². The number of aliphatic imine (C=N–C) groups is 1. The number of hydrogen-bond donors (Lipinski definition) is 2. The normalized spacial score (nSPS) is 22.1. The fourth-order valence-electron chi connectivity index (χ4n) is 2.71. The predicted octanol–water partition coefficient (Wildman–Crippen LogP) is 1.93. The first-order valence-electron chi connectivity index (χ1n) is 7.70. The van der Waals surface area contributed by atoms with E-state index in [1.165, 1.54) is 32.5 Å².